The third kappa shape index (κ3) is 1.73. The molecule has 0 radical (unpaired) electrons. The molecule has 14 heavy (non-hydrogen) atoms. The fraction of sp³-hybridized carbons (Fsp3) is 0.364. The van der Waals surface area contributed by atoms with Gasteiger partial charge >= 0.3 is 0 Å². The zero-order chi connectivity index (χ0) is 10.2. The summed E-state index contributed by atoms with van der Waals surface area (Å²) in [5.74, 6) is 0.844. The first-order chi connectivity index (χ1) is 6.57. The molecule has 2 aromatic heterocycles. The van der Waals surface area contributed by atoms with Crippen LogP contribution in [0.25, 0.3) is 11.5 Å². The number of hydrogen-bond donors (Lipinski definition) is 0. The highest BCUT2D eigenvalue weighted by Gasteiger charge is 2.18. The van der Waals surface area contributed by atoms with Gasteiger partial charge in [-0.1, -0.05) is 20.8 Å². The molecule has 0 saturated heterocycles. The molecule has 0 N–H and O–H groups in total. The van der Waals surface area contributed by atoms with Gasteiger partial charge < -0.3 is 4.42 Å². The first-order valence-corrected chi connectivity index (χ1v) is 5.45. The molecule has 3 heteroatoms. The minimum absolute atomic E-state index is 0.121. The van der Waals surface area contributed by atoms with Crippen LogP contribution in [-0.4, -0.2) is 4.98 Å². The maximum Gasteiger partial charge on any atom is 0.153 e. The van der Waals surface area contributed by atoms with E-state index < -0.39 is 0 Å². The van der Waals surface area contributed by atoms with Crippen molar-refractivity contribution in [1.82, 2.24) is 4.98 Å². The van der Waals surface area contributed by atoms with Gasteiger partial charge in [0.25, 0.3) is 0 Å². The van der Waals surface area contributed by atoms with Crippen LogP contribution in [0.4, 0.5) is 0 Å². The van der Waals surface area contributed by atoms with Crippen LogP contribution >= 0.6 is 11.3 Å². The lowest BCUT2D eigenvalue weighted by Crippen LogP contribution is -2.10. The summed E-state index contributed by atoms with van der Waals surface area (Å²) in [5.41, 5.74) is 1.06. The maximum absolute atomic E-state index is 5.29. The number of rotatable bonds is 1. The van der Waals surface area contributed by atoms with Crippen LogP contribution in [0.3, 0.4) is 0 Å². The van der Waals surface area contributed by atoms with Crippen molar-refractivity contribution in [1.29, 1.82) is 0 Å². The van der Waals surface area contributed by atoms with E-state index >= 15 is 0 Å². The van der Waals surface area contributed by atoms with Crippen LogP contribution in [0.5, 0.6) is 0 Å². The smallest absolute Gasteiger partial charge is 0.153 e. The highest BCUT2D eigenvalue weighted by atomic mass is 32.1. The number of hydrogen-bond acceptors (Lipinski definition) is 3. The fourth-order valence-electron chi connectivity index (χ4n) is 1.16. The Hall–Kier alpha value is -1.09. The highest BCUT2D eigenvalue weighted by molar-refractivity contribution is 7.10. The van der Waals surface area contributed by atoms with Crippen molar-refractivity contribution in [3.8, 4) is 11.5 Å². The second-order valence-corrected chi connectivity index (χ2v) is 5.12. The summed E-state index contributed by atoms with van der Waals surface area (Å²) in [6.07, 6.45) is 1.67. The van der Waals surface area contributed by atoms with Gasteiger partial charge in [-0.3, -0.25) is 0 Å². The number of thiazole rings is 1. The molecular weight excluding hydrogens is 194 g/mol. The Balaban J connectivity index is 2.36. The number of nitrogens with zero attached hydrogens (tertiary/aromatic N) is 1. The van der Waals surface area contributed by atoms with Gasteiger partial charge in [0.05, 0.1) is 11.3 Å². The van der Waals surface area contributed by atoms with E-state index in [1.165, 1.54) is 0 Å². The largest absolute Gasteiger partial charge is 0.463 e. The molecule has 0 aliphatic rings. The van der Waals surface area contributed by atoms with E-state index in [-0.39, 0.29) is 5.41 Å². The summed E-state index contributed by atoms with van der Waals surface area (Å²) in [6.45, 7) is 6.49. The number of furan rings is 1. The predicted molar refractivity (Wildman–Crippen MR) is 58.5 cm³/mol. The second kappa shape index (κ2) is 3.24. The molecule has 0 spiro atoms. The molecule has 0 unspecified atom stereocenters. The molecule has 0 fully saturated rings. The Labute approximate surface area is 87.6 Å². The fourth-order valence-corrected chi connectivity index (χ4v) is 2.05. The van der Waals surface area contributed by atoms with Crippen LogP contribution in [0.2, 0.25) is 0 Å². The normalized spacial score (nSPS) is 11.9. The molecular formula is C11H13NOS. The molecule has 0 amide bonds. The molecule has 0 bridgehead atoms. The molecule has 0 atom stereocenters. The molecule has 2 nitrogen and oxygen atoms in total. The zero-order valence-corrected chi connectivity index (χ0v) is 9.39. The third-order valence-electron chi connectivity index (χ3n) is 1.92. The molecule has 74 valence electrons. The second-order valence-electron chi connectivity index (χ2n) is 4.27. The van der Waals surface area contributed by atoms with Crippen molar-refractivity contribution in [2.45, 2.75) is 26.2 Å². The first kappa shape index (κ1) is 9.46. The Morgan fingerprint density at radius 3 is 2.64 bits per heavy atom. The molecule has 0 aliphatic heterocycles. The summed E-state index contributed by atoms with van der Waals surface area (Å²) in [6, 6.07) is 3.81. The van der Waals surface area contributed by atoms with Crippen molar-refractivity contribution >= 4 is 11.3 Å². The lowest BCUT2D eigenvalue weighted by Gasteiger charge is -2.13. The Morgan fingerprint density at radius 2 is 2.14 bits per heavy atom. The maximum atomic E-state index is 5.29. The minimum Gasteiger partial charge on any atom is -0.463 e. The van der Waals surface area contributed by atoms with Crippen LogP contribution in [0.1, 0.15) is 25.8 Å². The van der Waals surface area contributed by atoms with Gasteiger partial charge in [0.2, 0.25) is 0 Å². The summed E-state index contributed by atoms with van der Waals surface area (Å²) in [7, 11) is 0. The Kier molecular flexibility index (Phi) is 2.19. The highest BCUT2D eigenvalue weighted by Crippen LogP contribution is 2.29. The van der Waals surface area contributed by atoms with Crippen LogP contribution in [-0.2, 0) is 5.41 Å². The third-order valence-corrected chi connectivity index (χ3v) is 3.19. The van der Waals surface area contributed by atoms with Gasteiger partial charge in [0, 0.05) is 10.8 Å². The predicted octanol–water partition coefficient (Wildman–Crippen LogP) is 3.70. The zero-order valence-electron chi connectivity index (χ0n) is 8.57. The first-order valence-electron chi connectivity index (χ1n) is 4.57. The van der Waals surface area contributed by atoms with E-state index in [0.717, 1.165) is 16.5 Å². The summed E-state index contributed by atoms with van der Waals surface area (Å²) in [5, 5.41) is 3.18. The monoisotopic (exact) mass is 207 g/mol. The van der Waals surface area contributed by atoms with E-state index in [9.17, 15) is 0 Å². The summed E-state index contributed by atoms with van der Waals surface area (Å²) < 4.78 is 5.29. The topological polar surface area (TPSA) is 26.0 Å². The van der Waals surface area contributed by atoms with Crippen molar-refractivity contribution < 1.29 is 4.42 Å². The van der Waals surface area contributed by atoms with Crippen molar-refractivity contribution in [2.24, 2.45) is 0 Å². The Morgan fingerprint density at radius 1 is 1.36 bits per heavy atom. The summed E-state index contributed by atoms with van der Waals surface area (Å²) in [4.78, 5) is 4.55. The van der Waals surface area contributed by atoms with Gasteiger partial charge in [-0.15, -0.1) is 11.3 Å². The SMILES string of the molecule is CC(C)(C)c1nc(-c2ccco2)cs1. The van der Waals surface area contributed by atoms with E-state index in [4.69, 9.17) is 4.42 Å². The number of aromatic nitrogens is 1. The summed E-state index contributed by atoms with van der Waals surface area (Å²) >= 11 is 1.68. The quantitative estimate of drug-likeness (QED) is 0.712. The van der Waals surface area contributed by atoms with E-state index in [1.807, 2.05) is 17.5 Å². The van der Waals surface area contributed by atoms with E-state index in [0.29, 0.717) is 0 Å². The van der Waals surface area contributed by atoms with Crippen molar-refractivity contribution in [3.05, 3.63) is 28.8 Å². The van der Waals surface area contributed by atoms with E-state index in [1.54, 1.807) is 17.6 Å². The van der Waals surface area contributed by atoms with Gasteiger partial charge in [0.15, 0.2) is 5.76 Å². The standard InChI is InChI=1S/C11H13NOS/c1-11(2,3)10-12-8(7-14-10)9-5-4-6-13-9/h4-7H,1-3H3. The molecule has 2 aromatic rings. The lowest BCUT2D eigenvalue weighted by atomic mass is 9.98. The van der Waals surface area contributed by atoms with Gasteiger partial charge in [-0.05, 0) is 12.1 Å². The van der Waals surface area contributed by atoms with Crippen LogP contribution in [0, 0.1) is 0 Å². The molecule has 0 aromatic carbocycles. The molecule has 2 rings (SSSR count). The average molecular weight is 207 g/mol. The van der Waals surface area contributed by atoms with Crippen LogP contribution in [0.15, 0.2) is 28.2 Å². The van der Waals surface area contributed by atoms with Gasteiger partial charge in [-0.25, -0.2) is 4.98 Å². The minimum atomic E-state index is 0.121. The van der Waals surface area contributed by atoms with Crippen molar-refractivity contribution in [2.75, 3.05) is 0 Å². The van der Waals surface area contributed by atoms with E-state index in [2.05, 4.69) is 25.8 Å². The average Bonchev–Trinajstić information content (AvgIpc) is 2.73. The lowest BCUT2D eigenvalue weighted by molar-refractivity contribution is 0.572. The van der Waals surface area contributed by atoms with Gasteiger partial charge in [-0.2, -0.15) is 0 Å². The molecule has 0 aliphatic carbocycles. The van der Waals surface area contributed by atoms with Crippen LogP contribution < -0.4 is 0 Å². The van der Waals surface area contributed by atoms with Crippen molar-refractivity contribution in [3.63, 3.8) is 0 Å². The molecule has 0 saturated carbocycles. The van der Waals surface area contributed by atoms with Gasteiger partial charge in [0.1, 0.15) is 5.69 Å². The Bertz CT molecular complexity index is 409. The molecule has 2 heterocycles.